The van der Waals surface area contributed by atoms with Crippen molar-refractivity contribution in [3.8, 4) is 0 Å². The number of aliphatic carboxylic acids is 2. The first-order valence-electron chi connectivity index (χ1n) is 4.76. The summed E-state index contributed by atoms with van der Waals surface area (Å²) >= 11 is 0. The third-order valence-electron chi connectivity index (χ3n) is 0. The molecule has 0 saturated carbocycles. The molecule has 32 heavy (non-hydrogen) atoms. The van der Waals surface area contributed by atoms with Crippen molar-refractivity contribution in [2.24, 2.45) is 0 Å². The van der Waals surface area contributed by atoms with Gasteiger partial charge in [0, 0.05) is 22.3 Å². The fourth-order valence-corrected chi connectivity index (χ4v) is 0. The average molecular weight is 605 g/mol. The van der Waals surface area contributed by atoms with Gasteiger partial charge in [-0.25, -0.2) is 0 Å². The predicted molar refractivity (Wildman–Crippen MR) is 83.8 cm³/mol. The molecule has 28 heteroatoms. The van der Waals surface area contributed by atoms with Crippen molar-refractivity contribution in [1.82, 2.24) is 12.3 Å². The summed E-state index contributed by atoms with van der Waals surface area (Å²) in [6.07, 6.45) is 0. The molecule has 0 rings (SSSR count). The summed E-state index contributed by atoms with van der Waals surface area (Å²) in [6, 6.07) is 0. The second-order valence-corrected chi connectivity index (χ2v) is 3.35. The molecule has 0 aromatic carbocycles. The molecule has 0 aromatic heterocycles. The van der Waals surface area contributed by atoms with Crippen LogP contribution in [0, 0.1) is 0 Å². The molecule has 0 unspecified atom stereocenters. The van der Waals surface area contributed by atoms with Gasteiger partial charge in [-0.05, 0) is 13.8 Å². The Morgan fingerprint density at radius 2 is 0.719 bits per heavy atom. The van der Waals surface area contributed by atoms with Crippen molar-refractivity contribution in [3.63, 3.8) is 0 Å². The number of hydrogen-bond acceptors (Lipinski definition) is 18. The van der Waals surface area contributed by atoms with Gasteiger partial charge in [-0.15, -0.1) is 0 Å². The fraction of sp³-hybridized carbons (Fsp3) is 0.500. The third kappa shape index (κ3) is 18800. The van der Waals surface area contributed by atoms with Crippen LogP contribution in [0.2, 0.25) is 0 Å². The molecule has 0 atom stereocenters. The van der Waals surface area contributed by atoms with Crippen molar-refractivity contribution in [2.45, 2.75) is 13.8 Å². The molecule has 0 aliphatic carbocycles. The Morgan fingerprint density at radius 3 is 0.719 bits per heavy atom. The summed E-state index contributed by atoms with van der Waals surface area (Å²) in [4.78, 5) is 34.5. The minimum Gasteiger partial charge on any atom is -0.772 e. The summed E-state index contributed by atoms with van der Waals surface area (Å²) in [7, 11) is -11.7. The number of carbonyl (C=O) groups is 2. The second-order valence-electron chi connectivity index (χ2n) is 2.23. The molecule has 14 N–H and O–H groups in total. The average Bonchev–Trinajstić information content (AvgIpc) is 2.23. The molecule has 0 amide bonds. The molecule has 0 saturated heterocycles. The molecule has 0 aromatic rings. The van der Waals surface area contributed by atoms with E-state index in [1.54, 1.807) is 0 Å². The van der Waals surface area contributed by atoms with E-state index in [9.17, 15) is 0 Å². The van der Waals surface area contributed by atoms with Crippen LogP contribution >= 0.6 is 17.4 Å². The molecule has 0 bridgehead atoms. The Balaban J connectivity index is -0.0000000143. The maximum atomic E-state index is 8.89. The van der Waals surface area contributed by atoms with Gasteiger partial charge in [0.25, 0.3) is 0 Å². The van der Waals surface area contributed by atoms with E-state index < -0.39 is 54.4 Å². The normalized spacial score (nSPS) is 6.38. The van der Waals surface area contributed by atoms with Crippen molar-refractivity contribution >= 4 is 54.4 Å². The second kappa shape index (κ2) is 69.7. The number of carboxylic acid groups (broad SMARTS) is 2. The van der Waals surface area contributed by atoms with Gasteiger partial charge in [0.2, 0.25) is 0 Å². The molecular formula is C4H20B2N2Na2NiO18P2S. The van der Waals surface area contributed by atoms with Crippen LogP contribution in [0.4, 0.5) is 0 Å². The van der Waals surface area contributed by atoms with Gasteiger partial charge >= 0.3 is 90.2 Å². The molecule has 0 spiro atoms. The molecule has 0 aliphatic heterocycles. The van der Waals surface area contributed by atoms with Crippen LogP contribution in [0.25, 0.3) is 0 Å². The topological polar surface area (TPSA) is 435 Å². The van der Waals surface area contributed by atoms with Gasteiger partial charge < -0.3 is 81.1 Å². The maximum Gasteiger partial charge on any atom is 2.00 e. The van der Waals surface area contributed by atoms with E-state index in [0.717, 1.165) is 13.8 Å². The number of hydrogen-bond donors (Lipinski definition) is 8. The molecule has 20 nitrogen and oxygen atoms in total. The Labute approximate surface area is 240 Å². The summed E-state index contributed by atoms with van der Waals surface area (Å²) < 4.78 is 50.8. The zero-order chi connectivity index (χ0) is 24.2. The van der Waals surface area contributed by atoms with E-state index in [0.29, 0.717) is 0 Å². The van der Waals surface area contributed by atoms with Crippen LogP contribution in [0.1, 0.15) is 13.8 Å². The van der Waals surface area contributed by atoms with Crippen molar-refractivity contribution in [2.75, 3.05) is 0 Å². The van der Waals surface area contributed by atoms with Crippen LogP contribution in [0.15, 0.2) is 0 Å². The van der Waals surface area contributed by atoms with Crippen molar-refractivity contribution < 1.29 is 162 Å². The van der Waals surface area contributed by atoms with Crippen LogP contribution in [0.5, 0.6) is 0 Å². The standard InChI is InChI=1S/2C2H4O2.2BH3O3.2H3N.2Na.Ni.H2O4S.2HO2P/c2*1-2(3)4;2*2-1(3)4;;;;;;1-5(2,3)4;2*1-3-2/h2*1H3,(H,3,4);2*2-4H;2*1H3;;;;(H2,1,2,3,4);2*(H,1,2)/q;;;;;;2*+1;+2;;;/p-4. The van der Waals surface area contributed by atoms with Gasteiger partial charge in [0.05, 0.1) is 17.4 Å². The Kier molecular flexibility index (Phi) is 167. The molecule has 0 aliphatic rings. The summed E-state index contributed by atoms with van der Waals surface area (Å²) in [5.41, 5.74) is 0. The molecule has 0 fully saturated rings. The zero-order valence-electron chi connectivity index (χ0n) is 17.4. The van der Waals surface area contributed by atoms with E-state index in [-0.39, 0.29) is 87.9 Å². The van der Waals surface area contributed by atoms with Gasteiger partial charge in [-0.1, -0.05) is 0 Å². The molecular weight excluding hydrogens is 584 g/mol. The Morgan fingerprint density at radius 1 is 0.719 bits per heavy atom. The smallest absolute Gasteiger partial charge is 0.772 e. The maximum absolute atomic E-state index is 8.89. The Bertz CT molecular complexity index is 394. The van der Waals surface area contributed by atoms with Crippen LogP contribution in [-0.4, -0.2) is 74.2 Å². The summed E-state index contributed by atoms with van der Waals surface area (Å²) in [6.45, 7) is 1.94. The van der Waals surface area contributed by atoms with Crippen LogP contribution in [-0.2, 0) is 45.6 Å². The van der Waals surface area contributed by atoms with Gasteiger partial charge in [0.15, 0.2) is 0 Å². The SMILES string of the molecule is CC(=O)[O-].CC(=O)[O-].O=P[O-].O=P[O-].O=S(=O)([O-])[O-].OB(O)O.OB(O)O.[NH4+].[NH4+].[Na+].[Na+].[Ni+2]. The van der Waals surface area contributed by atoms with E-state index in [4.69, 9.17) is 86.4 Å². The van der Waals surface area contributed by atoms with Crippen LogP contribution < -0.4 is 91.4 Å². The van der Waals surface area contributed by atoms with Gasteiger partial charge in [-0.3, -0.25) is 17.5 Å². The monoisotopic (exact) mass is 604 g/mol. The number of quaternary nitrogens is 2. The van der Waals surface area contributed by atoms with E-state index >= 15 is 0 Å². The molecule has 0 radical (unpaired) electrons. The van der Waals surface area contributed by atoms with E-state index in [2.05, 4.69) is 0 Å². The van der Waals surface area contributed by atoms with E-state index in [1.165, 1.54) is 0 Å². The zero-order valence-corrected chi connectivity index (χ0v) is 24.9. The van der Waals surface area contributed by atoms with Crippen LogP contribution in [0.3, 0.4) is 0 Å². The first-order valence-corrected chi connectivity index (χ1v) is 7.56. The predicted octanol–water partition coefficient (Wildman–Crippen LogP) is -14.1. The minimum absolute atomic E-state index is 0. The van der Waals surface area contributed by atoms with Gasteiger partial charge in [0.1, 0.15) is 0 Å². The minimum atomic E-state index is -5.17. The number of carbonyl (C=O) groups excluding carboxylic acids is 2. The first kappa shape index (κ1) is 76.6. The number of rotatable bonds is 0. The summed E-state index contributed by atoms with van der Waals surface area (Å²) in [5, 5.41) is 60.8. The number of carboxylic acids is 2. The summed E-state index contributed by atoms with van der Waals surface area (Å²) in [5.74, 6) is -2.17. The molecule has 0 heterocycles. The third-order valence-corrected chi connectivity index (χ3v) is 0. The largest absolute Gasteiger partial charge is 2.00 e. The van der Waals surface area contributed by atoms with Crippen molar-refractivity contribution in [1.29, 1.82) is 0 Å². The quantitative estimate of drug-likeness (QED) is 0.0550. The van der Waals surface area contributed by atoms with Gasteiger partial charge in [-0.2, -0.15) is 0 Å². The first-order chi connectivity index (χ1) is 11.8. The van der Waals surface area contributed by atoms with Crippen molar-refractivity contribution in [3.05, 3.63) is 0 Å². The fourth-order valence-electron chi connectivity index (χ4n) is 0. The molecule has 188 valence electrons. The van der Waals surface area contributed by atoms with E-state index in [1.807, 2.05) is 0 Å². The Hall–Kier alpha value is 1.23.